The van der Waals surface area contributed by atoms with Crippen LogP contribution in [0.4, 0.5) is 0 Å². The molecule has 0 bridgehead atoms. The molecule has 2 saturated carbocycles. The Morgan fingerprint density at radius 1 is 0.696 bits per heavy atom. The highest BCUT2D eigenvalue weighted by molar-refractivity contribution is 8.04. The lowest BCUT2D eigenvalue weighted by molar-refractivity contribution is 0.287. The van der Waals surface area contributed by atoms with Crippen LogP contribution >= 0.6 is 72.3 Å². The first-order valence-electron chi connectivity index (χ1n) is 8.95. The molecule has 0 nitrogen and oxygen atoms in total. The van der Waals surface area contributed by atoms with E-state index in [1.807, 2.05) is 0 Å². The Hall–Kier alpha value is 2.10. The van der Waals surface area contributed by atoms with Gasteiger partial charge in [-0.25, -0.2) is 0 Å². The van der Waals surface area contributed by atoms with E-state index in [4.69, 9.17) is 0 Å². The van der Waals surface area contributed by atoms with Gasteiger partial charge < -0.3 is 0 Å². The molecule has 6 heteroatoms. The highest BCUT2D eigenvalue weighted by Gasteiger charge is 2.40. The van der Waals surface area contributed by atoms with Gasteiger partial charge in [0.15, 0.2) is 0 Å². The van der Waals surface area contributed by atoms with Crippen molar-refractivity contribution in [3.8, 4) is 0 Å². The molecule has 0 N–H and O–H groups in total. The summed E-state index contributed by atoms with van der Waals surface area (Å²) < 4.78 is 0. The zero-order valence-electron chi connectivity index (χ0n) is 14.0. The molecule has 0 aliphatic heterocycles. The summed E-state index contributed by atoms with van der Waals surface area (Å²) in [6.07, 6.45) is 7.50. The topological polar surface area (TPSA) is 0 Å². The lowest BCUT2D eigenvalue weighted by Gasteiger charge is -2.34. The van der Waals surface area contributed by atoms with Crippen LogP contribution in [0.5, 0.6) is 0 Å². The van der Waals surface area contributed by atoms with Gasteiger partial charge in [-0.05, 0) is 55.4 Å². The predicted octanol–water partition coefficient (Wildman–Crippen LogP) is 5.73. The van der Waals surface area contributed by atoms with E-state index < -0.39 is 0 Å². The van der Waals surface area contributed by atoms with Gasteiger partial charge in [-0.1, -0.05) is 0 Å². The highest BCUT2D eigenvalue weighted by Crippen LogP contribution is 2.49. The van der Waals surface area contributed by atoms with Crippen molar-refractivity contribution in [1.82, 2.24) is 0 Å². The largest absolute Gasteiger partial charge is 0.179 e. The smallest absolute Gasteiger partial charge is 0.00783 e. The van der Waals surface area contributed by atoms with E-state index in [0.29, 0.717) is 0 Å². The molecule has 136 valence electrons. The first-order chi connectivity index (χ1) is 11.3. The van der Waals surface area contributed by atoms with Gasteiger partial charge >= 0.3 is 0 Å². The third-order valence-corrected chi connectivity index (χ3v) is 11.2. The second-order valence-electron chi connectivity index (χ2n) is 6.39. The molecule has 2 aliphatic rings. The van der Waals surface area contributed by atoms with E-state index in [2.05, 4.69) is 72.3 Å². The minimum absolute atomic E-state index is 0.961. The fraction of sp³-hybridized carbons (Fsp3) is 1.00. The second-order valence-corrected chi connectivity index (χ2v) is 12.5. The quantitative estimate of drug-likeness (QED) is 0.301. The van der Waals surface area contributed by atoms with Crippen molar-refractivity contribution in [3.05, 3.63) is 0 Å². The molecule has 0 heterocycles. The van der Waals surface area contributed by atoms with E-state index in [9.17, 15) is 0 Å². The summed E-state index contributed by atoms with van der Waals surface area (Å²) in [5, 5.41) is 1.94. The van der Waals surface area contributed by atoms with Crippen LogP contribution in [-0.2, 0) is 0 Å². The van der Waals surface area contributed by atoms with Crippen LogP contribution in [-0.4, -0.2) is 56.5 Å². The van der Waals surface area contributed by atoms with Crippen LogP contribution in [0.1, 0.15) is 32.1 Å². The zero-order valence-corrected chi connectivity index (χ0v) is 19.1. The van der Waals surface area contributed by atoms with Crippen LogP contribution in [0, 0.1) is 11.8 Å². The van der Waals surface area contributed by atoms with E-state index in [1.54, 1.807) is 0 Å². The van der Waals surface area contributed by atoms with Gasteiger partial charge in [0.1, 0.15) is 0 Å². The summed E-state index contributed by atoms with van der Waals surface area (Å²) in [4.78, 5) is 0. The second kappa shape index (κ2) is 13.3. The molecular formula is C17H32S6. The van der Waals surface area contributed by atoms with E-state index >= 15 is 0 Å². The number of rotatable bonds is 12. The van der Waals surface area contributed by atoms with Gasteiger partial charge in [0.2, 0.25) is 0 Å². The summed E-state index contributed by atoms with van der Waals surface area (Å²) in [5.74, 6) is 11.9. The van der Waals surface area contributed by atoms with Crippen molar-refractivity contribution in [2.24, 2.45) is 11.8 Å². The van der Waals surface area contributed by atoms with Crippen molar-refractivity contribution in [2.45, 2.75) is 42.6 Å². The Balaban J connectivity index is 1.57. The fourth-order valence-corrected chi connectivity index (χ4v) is 9.27. The van der Waals surface area contributed by atoms with Gasteiger partial charge in [-0.15, -0.1) is 0 Å². The molecular weight excluding hydrogens is 397 g/mol. The summed E-state index contributed by atoms with van der Waals surface area (Å²) in [6, 6.07) is 0. The molecule has 2 rings (SSSR count). The molecule has 0 aromatic rings. The van der Waals surface area contributed by atoms with Crippen LogP contribution < -0.4 is 0 Å². The van der Waals surface area contributed by atoms with Crippen LogP contribution in [0.3, 0.4) is 0 Å². The summed E-state index contributed by atoms with van der Waals surface area (Å²) in [6.45, 7) is 0. The summed E-state index contributed by atoms with van der Waals surface area (Å²) in [7, 11) is 0. The lowest BCUT2D eigenvalue weighted by atomic mass is 9.81. The van der Waals surface area contributed by atoms with Gasteiger partial charge in [0.25, 0.3) is 0 Å². The van der Waals surface area contributed by atoms with Gasteiger partial charge in [-0.2, -0.15) is 72.3 Å². The van der Waals surface area contributed by atoms with Crippen molar-refractivity contribution in [3.63, 3.8) is 0 Å². The number of thioether (sulfide) groups is 4. The number of hydrogen-bond donors (Lipinski definition) is 2. The maximum Gasteiger partial charge on any atom is 0.00783 e. The monoisotopic (exact) mass is 428 g/mol. The number of thiol groups is 2. The van der Waals surface area contributed by atoms with Crippen molar-refractivity contribution in [2.75, 3.05) is 46.0 Å². The van der Waals surface area contributed by atoms with Crippen molar-refractivity contribution in [1.29, 1.82) is 0 Å². The average molecular weight is 429 g/mol. The van der Waals surface area contributed by atoms with Crippen LogP contribution in [0.25, 0.3) is 0 Å². The van der Waals surface area contributed by atoms with E-state index in [-0.39, 0.29) is 0 Å². The van der Waals surface area contributed by atoms with Gasteiger partial charge in [0.05, 0.1) is 0 Å². The lowest BCUT2D eigenvalue weighted by Crippen LogP contribution is -2.27. The zero-order chi connectivity index (χ0) is 16.3. The Kier molecular flexibility index (Phi) is 12.4. The Morgan fingerprint density at radius 2 is 1.39 bits per heavy atom. The van der Waals surface area contributed by atoms with Crippen molar-refractivity contribution < 1.29 is 0 Å². The molecule has 2 aliphatic carbocycles. The number of fused-ring (bicyclic) bond motifs is 1. The minimum Gasteiger partial charge on any atom is -0.179 e. The molecule has 2 fully saturated rings. The summed E-state index contributed by atoms with van der Waals surface area (Å²) >= 11 is 17.3. The Bertz CT molecular complexity index is 301. The molecule has 0 amide bonds. The van der Waals surface area contributed by atoms with E-state index in [0.717, 1.165) is 33.8 Å². The SMILES string of the molecule is SCCSCCSC1CCC2C(CCC2SCCSCCS)C1. The molecule has 0 aromatic heterocycles. The van der Waals surface area contributed by atoms with Crippen LogP contribution in [0.15, 0.2) is 0 Å². The molecule has 23 heavy (non-hydrogen) atoms. The van der Waals surface area contributed by atoms with Gasteiger partial charge in [0, 0.05) is 45.0 Å². The molecule has 0 spiro atoms. The molecule has 0 saturated heterocycles. The molecule has 4 unspecified atom stereocenters. The third kappa shape index (κ3) is 8.11. The first kappa shape index (κ1) is 21.4. The van der Waals surface area contributed by atoms with Gasteiger partial charge in [-0.3, -0.25) is 0 Å². The summed E-state index contributed by atoms with van der Waals surface area (Å²) in [5.41, 5.74) is 0. The molecule has 0 aromatic carbocycles. The molecule has 0 radical (unpaired) electrons. The standard InChI is InChI=1S/C17H32S6/c18-5-7-20-9-11-22-15-2-3-16-14(13-15)1-4-17(16)23-12-10-21-8-6-19/h14-19H,1-13H2. The van der Waals surface area contributed by atoms with Crippen molar-refractivity contribution >= 4 is 72.3 Å². The third-order valence-electron chi connectivity index (χ3n) is 4.90. The number of hydrogen-bond acceptors (Lipinski definition) is 6. The normalized spacial score (nSPS) is 30.5. The maximum atomic E-state index is 4.29. The highest BCUT2D eigenvalue weighted by atomic mass is 32.2. The predicted molar refractivity (Wildman–Crippen MR) is 125 cm³/mol. The fourth-order valence-electron chi connectivity index (χ4n) is 3.88. The van der Waals surface area contributed by atoms with E-state index in [1.165, 1.54) is 66.6 Å². The Labute approximate surface area is 171 Å². The maximum absolute atomic E-state index is 4.29. The average Bonchev–Trinajstić information content (AvgIpc) is 2.97. The first-order valence-corrected chi connectivity index (χ1v) is 14.6. The minimum atomic E-state index is 0.961. The Morgan fingerprint density at radius 3 is 2.09 bits per heavy atom. The van der Waals surface area contributed by atoms with Crippen LogP contribution in [0.2, 0.25) is 0 Å². The molecule has 4 atom stereocenters.